The van der Waals surface area contributed by atoms with Gasteiger partial charge in [0.05, 0.1) is 6.42 Å². The van der Waals surface area contributed by atoms with Crippen molar-refractivity contribution in [1.29, 1.82) is 0 Å². The second kappa shape index (κ2) is 7.08. The van der Waals surface area contributed by atoms with Crippen molar-refractivity contribution in [2.45, 2.75) is 40.0 Å². The number of nitrogens with one attached hydrogen (secondary N) is 1. The largest absolute Gasteiger partial charge is 0.481 e. The number of carboxylic acids is 1. The highest BCUT2D eigenvalue weighted by Gasteiger charge is 2.16. The highest BCUT2D eigenvalue weighted by atomic mass is 16.4. The molecule has 1 amide bonds. The molecule has 0 aliphatic heterocycles. The third kappa shape index (κ3) is 4.68. The van der Waals surface area contributed by atoms with E-state index in [4.69, 9.17) is 5.11 Å². The van der Waals surface area contributed by atoms with Crippen LogP contribution in [-0.4, -0.2) is 17.0 Å². The molecule has 1 rings (SSSR count). The van der Waals surface area contributed by atoms with Crippen LogP contribution < -0.4 is 5.32 Å². The maximum Gasteiger partial charge on any atom is 0.303 e. The lowest BCUT2D eigenvalue weighted by molar-refractivity contribution is -0.137. The van der Waals surface area contributed by atoms with Gasteiger partial charge < -0.3 is 10.4 Å². The Morgan fingerprint density at radius 2 is 1.65 bits per heavy atom. The SMILES string of the molecule is CC(CC(=O)O)c1ccc(NC(=O)C(C)C(C)C)cc1. The van der Waals surface area contributed by atoms with E-state index in [9.17, 15) is 9.59 Å². The monoisotopic (exact) mass is 277 g/mol. The molecule has 0 aromatic heterocycles. The topological polar surface area (TPSA) is 66.4 Å². The molecule has 2 unspecified atom stereocenters. The average Bonchev–Trinajstić information content (AvgIpc) is 2.37. The maximum atomic E-state index is 11.9. The standard InChI is InChI=1S/C16H23NO3/c1-10(2)12(4)16(20)17-14-7-5-13(6-8-14)11(3)9-15(18)19/h5-8,10-12H,9H2,1-4H3,(H,17,20)(H,18,19). The Kier molecular flexibility index (Phi) is 5.74. The summed E-state index contributed by atoms with van der Waals surface area (Å²) in [6.45, 7) is 7.81. The van der Waals surface area contributed by atoms with E-state index in [-0.39, 0.29) is 24.2 Å². The number of anilines is 1. The summed E-state index contributed by atoms with van der Waals surface area (Å²) in [7, 11) is 0. The van der Waals surface area contributed by atoms with Gasteiger partial charge in [0.2, 0.25) is 5.91 Å². The van der Waals surface area contributed by atoms with Crippen LogP contribution in [0.2, 0.25) is 0 Å². The zero-order valence-corrected chi connectivity index (χ0v) is 12.5. The molecule has 0 radical (unpaired) electrons. The van der Waals surface area contributed by atoms with Gasteiger partial charge in [-0.15, -0.1) is 0 Å². The Balaban J connectivity index is 2.67. The summed E-state index contributed by atoms with van der Waals surface area (Å²) >= 11 is 0. The normalized spacial score (nSPS) is 13.8. The predicted octanol–water partition coefficient (Wildman–Crippen LogP) is 3.50. The van der Waals surface area contributed by atoms with Crippen LogP contribution in [-0.2, 0) is 9.59 Å². The molecule has 4 heteroatoms. The molecule has 0 saturated carbocycles. The lowest BCUT2D eigenvalue weighted by Crippen LogP contribution is -2.24. The summed E-state index contributed by atoms with van der Waals surface area (Å²) in [5, 5.41) is 11.6. The third-order valence-corrected chi connectivity index (χ3v) is 3.64. The number of carboxylic acid groups (broad SMARTS) is 1. The van der Waals surface area contributed by atoms with Crippen LogP contribution in [0.15, 0.2) is 24.3 Å². The molecule has 2 N–H and O–H groups in total. The van der Waals surface area contributed by atoms with Crippen LogP contribution in [0.25, 0.3) is 0 Å². The van der Waals surface area contributed by atoms with E-state index in [1.165, 1.54) is 0 Å². The number of hydrogen-bond donors (Lipinski definition) is 2. The molecule has 0 bridgehead atoms. The maximum absolute atomic E-state index is 11.9. The van der Waals surface area contributed by atoms with Gasteiger partial charge in [0.1, 0.15) is 0 Å². The predicted molar refractivity (Wildman–Crippen MR) is 79.7 cm³/mol. The minimum Gasteiger partial charge on any atom is -0.481 e. The fourth-order valence-corrected chi connectivity index (χ4v) is 1.83. The number of carbonyl (C=O) groups is 2. The van der Waals surface area contributed by atoms with E-state index in [0.717, 1.165) is 11.3 Å². The first kappa shape index (κ1) is 16.2. The molecule has 20 heavy (non-hydrogen) atoms. The number of rotatable bonds is 6. The van der Waals surface area contributed by atoms with E-state index in [0.29, 0.717) is 5.92 Å². The molecule has 0 fully saturated rings. The van der Waals surface area contributed by atoms with E-state index < -0.39 is 5.97 Å². The molecule has 4 nitrogen and oxygen atoms in total. The lowest BCUT2D eigenvalue weighted by Gasteiger charge is -2.16. The van der Waals surface area contributed by atoms with Gasteiger partial charge in [-0.25, -0.2) is 0 Å². The van der Waals surface area contributed by atoms with Crippen LogP contribution in [0.5, 0.6) is 0 Å². The van der Waals surface area contributed by atoms with Crippen LogP contribution >= 0.6 is 0 Å². The van der Waals surface area contributed by atoms with Crippen molar-refractivity contribution in [2.24, 2.45) is 11.8 Å². The van der Waals surface area contributed by atoms with Crippen LogP contribution in [0.1, 0.15) is 45.6 Å². The Hall–Kier alpha value is -1.84. The number of hydrogen-bond acceptors (Lipinski definition) is 2. The fraction of sp³-hybridized carbons (Fsp3) is 0.500. The van der Waals surface area contributed by atoms with E-state index in [1.807, 2.05) is 52.0 Å². The van der Waals surface area contributed by atoms with Crippen molar-refractivity contribution in [3.05, 3.63) is 29.8 Å². The molecule has 2 atom stereocenters. The van der Waals surface area contributed by atoms with Gasteiger partial charge in [0, 0.05) is 11.6 Å². The number of benzene rings is 1. The molecule has 0 aliphatic carbocycles. The molecule has 110 valence electrons. The van der Waals surface area contributed by atoms with Crippen LogP contribution in [0, 0.1) is 11.8 Å². The van der Waals surface area contributed by atoms with Gasteiger partial charge in [-0.05, 0) is 29.5 Å². The van der Waals surface area contributed by atoms with Gasteiger partial charge >= 0.3 is 5.97 Å². The van der Waals surface area contributed by atoms with Crippen molar-refractivity contribution in [3.63, 3.8) is 0 Å². The average molecular weight is 277 g/mol. The summed E-state index contributed by atoms with van der Waals surface area (Å²) < 4.78 is 0. The fourth-order valence-electron chi connectivity index (χ4n) is 1.83. The quantitative estimate of drug-likeness (QED) is 0.836. The van der Waals surface area contributed by atoms with Crippen LogP contribution in [0.4, 0.5) is 5.69 Å². The van der Waals surface area contributed by atoms with E-state index in [2.05, 4.69) is 5.32 Å². The van der Waals surface area contributed by atoms with Gasteiger partial charge in [-0.1, -0.05) is 39.8 Å². The van der Waals surface area contributed by atoms with Crippen molar-refractivity contribution < 1.29 is 14.7 Å². The molecule has 0 saturated heterocycles. The highest BCUT2D eigenvalue weighted by molar-refractivity contribution is 5.92. The molecule has 0 spiro atoms. The Morgan fingerprint density at radius 3 is 2.10 bits per heavy atom. The number of aliphatic carboxylic acids is 1. The summed E-state index contributed by atoms with van der Waals surface area (Å²) in [5.41, 5.74) is 1.70. The minimum absolute atomic E-state index is 0.00587. The summed E-state index contributed by atoms with van der Waals surface area (Å²) in [6.07, 6.45) is 0.107. The first-order chi connectivity index (χ1) is 9.31. The smallest absolute Gasteiger partial charge is 0.303 e. The van der Waals surface area contributed by atoms with Crippen molar-refractivity contribution in [3.8, 4) is 0 Å². The lowest BCUT2D eigenvalue weighted by atomic mass is 9.96. The molecule has 1 aromatic rings. The van der Waals surface area contributed by atoms with Gasteiger partial charge in [-0.2, -0.15) is 0 Å². The zero-order valence-electron chi connectivity index (χ0n) is 12.5. The minimum atomic E-state index is -0.805. The number of amides is 1. The molecule has 0 heterocycles. The first-order valence-electron chi connectivity index (χ1n) is 6.94. The van der Waals surface area contributed by atoms with Crippen molar-refractivity contribution in [1.82, 2.24) is 0 Å². The zero-order chi connectivity index (χ0) is 15.3. The third-order valence-electron chi connectivity index (χ3n) is 3.64. The summed E-state index contributed by atoms with van der Waals surface area (Å²) in [5.74, 6) is -0.579. The molecular formula is C16H23NO3. The first-order valence-corrected chi connectivity index (χ1v) is 6.94. The molecular weight excluding hydrogens is 254 g/mol. The Bertz CT molecular complexity index is 465. The second-order valence-corrected chi connectivity index (χ2v) is 5.64. The summed E-state index contributed by atoms with van der Waals surface area (Å²) in [4.78, 5) is 22.6. The Labute approximate surface area is 120 Å². The molecule has 0 aliphatic rings. The van der Waals surface area contributed by atoms with Crippen molar-refractivity contribution in [2.75, 3.05) is 5.32 Å². The van der Waals surface area contributed by atoms with Gasteiger partial charge in [0.15, 0.2) is 0 Å². The van der Waals surface area contributed by atoms with E-state index >= 15 is 0 Å². The van der Waals surface area contributed by atoms with Gasteiger partial charge in [-0.3, -0.25) is 9.59 Å². The molecule has 1 aromatic carbocycles. The second-order valence-electron chi connectivity index (χ2n) is 5.64. The van der Waals surface area contributed by atoms with Crippen LogP contribution in [0.3, 0.4) is 0 Å². The van der Waals surface area contributed by atoms with E-state index in [1.54, 1.807) is 0 Å². The summed E-state index contributed by atoms with van der Waals surface area (Å²) in [6, 6.07) is 7.36. The highest BCUT2D eigenvalue weighted by Crippen LogP contribution is 2.21. The van der Waals surface area contributed by atoms with Gasteiger partial charge in [0.25, 0.3) is 0 Å². The Morgan fingerprint density at radius 1 is 1.10 bits per heavy atom. The number of carbonyl (C=O) groups excluding carboxylic acids is 1. The van der Waals surface area contributed by atoms with Crippen molar-refractivity contribution >= 4 is 17.6 Å².